The Kier molecular flexibility index (Phi) is 28.8. The molecular formula is C31H44BrCl3N2O8. The highest BCUT2D eigenvalue weighted by Gasteiger charge is 2.33. The Balaban J connectivity index is 0. The van der Waals surface area contributed by atoms with E-state index in [4.69, 9.17) is 44.3 Å². The maximum Gasteiger partial charge on any atom is 0.335 e. The minimum absolute atomic E-state index is 0.230. The van der Waals surface area contributed by atoms with Crippen LogP contribution in [0.15, 0.2) is 60.7 Å². The molecule has 0 aliphatic carbocycles. The van der Waals surface area contributed by atoms with Gasteiger partial charge < -0.3 is 24.3 Å². The summed E-state index contributed by atoms with van der Waals surface area (Å²) in [4.78, 5) is 46.3. The van der Waals surface area contributed by atoms with E-state index in [1.165, 1.54) is 5.56 Å². The van der Waals surface area contributed by atoms with Crippen molar-refractivity contribution in [3.05, 3.63) is 71.8 Å². The molecule has 254 valence electrons. The van der Waals surface area contributed by atoms with E-state index in [9.17, 15) is 19.2 Å². The zero-order valence-corrected chi connectivity index (χ0v) is 30.3. The molecule has 0 heterocycles. The van der Waals surface area contributed by atoms with Crippen molar-refractivity contribution in [3.63, 3.8) is 0 Å². The van der Waals surface area contributed by atoms with Crippen LogP contribution in [-0.4, -0.2) is 84.5 Å². The average Bonchev–Trinajstić information content (AvgIpc) is 2.99. The standard InChI is InChI=1S/C15H21NO4.C8H11N.C7H11BrO4.CHCl3/c1-4-19-14(17)13(15(18)20-5-2)16(3)11-12-9-7-6-8-10-12;1-9-7-8-5-3-2-4-6-8;1-3-11-6(9)5(8)7(10)12-4-2;2-1(3)4/h6-10,13H,4-5,11H2,1-3H3;2-6,9H,7H2,1H3;5H,3-4H2,1-2H3;1H. The summed E-state index contributed by atoms with van der Waals surface area (Å²) >= 11 is 17.3. The summed E-state index contributed by atoms with van der Waals surface area (Å²) in [5.74, 6) is -2.39. The first kappa shape index (κ1) is 44.7. The summed E-state index contributed by atoms with van der Waals surface area (Å²) in [5, 5.41) is 3.08. The topological polar surface area (TPSA) is 120 Å². The molecule has 14 heteroatoms. The average molecular weight is 759 g/mol. The molecule has 0 saturated heterocycles. The van der Waals surface area contributed by atoms with Crippen molar-refractivity contribution < 1.29 is 38.1 Å². The molecule has 0 saturated carbocycles. The quantitative estimate of drug-likeness (QED) is 0.115. The summed E-state index contributed by atoms with van der Waals surface area (Å²) in [7, 11) is 3.65. The third-order valence-corrected chi connectivity index (χ3v) is 5.69. The number of carbonyl (C=O) groups excluding carboxylic acids is 4. The van der Waals surface area contributed by atoms with Gasteiger partial charge in [-0.1, -0.05) is 111 Å². The molecule has 0 fully saturated rings. The van der Waals surface area contributed by atoms with E-state index in [1.807, 2.05) is 55.6 Å². The molecule has 0 radical (unpaired) electrons. The molecular weight excluding hydrogens is 715 g/mol. The Labute approximate surface area is 290 Å². The molecule has 0 spiro atoms. The van der Waals surface area contributed by atoms with Gasteiger partial charge in [0.2, 0.25) is 10.9 Å². The zero-order chi connectivity index (χ0) is 34.6. The summed E-state index contributed by atoms with van der Waals surface area (Å²) in [6, 6.07) is 18.9. The summed E-state index contributed by atoms with van der Waals surface area (Å²) in [6.07, 6.45) is 0. The van der Waals surface area contributed by atoms with Crippen molar-refractivity contribution in [1.29, 1.82) is 0 Å². The zero-order valence-electron chi connectivity index (χ0n) is 26.5. The van der Waals surface area contributed by atoms with Gasteiger partial charge in [-0.05, 0) is 52.9 Å². The lowest BCUT2D eigenvalue weighted by molar-refractivity contribution is -0.163. The fourth-order valence-electron chi connectivity index (χ4n) is 3.19. The maximum atomic E-state index is 11.9. The van der Waals surface area contributed by atoms with E-state index in [0.717, 1.165) is 12.1 Å². The first-order valence-electron chi connectivity index (χ1n) is 14.0. The Bertz CT molecular complexity index is 1030. The van der Waals surface area contributed by atoms with Crippen LogP contribution in [0.3, 0.4) is 0 Å². The number of hydrogen-bond acceptors (Lipinski definition) is 10. The van der Waals surface area contributed by atoms with Crippen molar-refractivity contribution in [3.8, 4) is 0 Å². The number of benzene rings is 2. The van der Waals surface area contributed by atoms with Gasteiger partial charge in [0.15, 0.2) is 4.30 Å². The second kappa shape index (κ2) is 29.0. The van der Waals surface area contributed by atoms with Gasteiger partial charge >= 0.3 is 23.9 Å². The largest absolute Gasteiger partial charge is 0.465 e. The molecule has 0 amide bonds. The molecule has 0 atom stereocenters. The van der Waals surface area contributed by atoms with E-state index in [1.54, 1.807) is 39.6 Å². The number of likely N-dealkylation sites (N-methyl/N-ethyl adjacent to an activating group) is 1. The molecule has 0 bridgehead atoms. The normalized spacial score (nSPS) is 10.0. The van der Waals surface area contributed by atoms with Gasteiger partial charge in [-0.25, -0.2) is 9.59 Å². The van der Waals surface area contributed by atoms with Gasteiger partial charge in [0.05, 0.1) is 26.4 Å². The van der Waals surface area contributed by atoms with E-state index in [2.05, 4.69) is 42.9 Å². The number of alkyl halides is 4. The molecule has 0 unspecified atom stereocenters. The Morgan fingerprint density at radius 1 is 0.689 bits per heavy atom. The van der Waals surface area contributed by atoms with Crippen molar-refractivity contribution in [2.24, 2.45) is 0 Å². The van der Waals surface area contributed by atoms with Crippen molar-refractivity contribution in [2.75, 3.05) is 40.5 Å². The number of esters is 4. The van der Waals surface area contributed by atoms with E-state index in [-0.39, 0.29) is 26.4 Å². The van der Waals surface area contributed by atoms with Crippen LogP contribution in [0.4, 0.5) is 0 Å². The molecule has 0 aliphatic heterocycles. The number of nitrogens with zero attached hydrogens (tertiary/aromatic N) is 1. The highest BCUT2D eigenvalue weighted by atomic mass is 79.9. The fourth-order valence-corrected chi connectivity index (χ4v) is 3.45. The van der Waals surface area contributed by atoms with E-state index < -0.39 is 39.0 Å². The van der Waals surface area contributed by atoms with Crippen molar-refractivity contribution in [2.45, 2.75) is 55.9 Å². The number of halogens is 4. The minimum Gasteiger partial charge on any atom is -0.465 e. The third-order valence-electron chi connectivity index (χ3n) is 4.95. The second-order valence-electron chi connectivity index (χ2n) is 8.44. The van der Waals surface area contributed by atoms with Gasteiger partial charge in [0, 0.05) is 13.1 Å². The van der Waals surface area contributed by atoms with Gasteiger partial charge in [-0.2, -0.15) is 0 Å². The predicted octanol–water partition coefficient (Wildman–Crippen LogP) is 5.88. The first-order chi connectivity index (χ1) is 21.4. The highest BCUT2D eigenvalue weighted by molar-refractivity contribution is 9.10. The number of nitrogens with one attached hydrogen (secondary N) is 1. The minimum atomic E-state index is -1.03. The van der Waals surface area contributed by atoms with Crippen molar-refractivity contribution in [1.82, 2.24) is 10.2 Å². The Morgan fingerprint density at radius 2 is 1.02 bits per heavy atom. The molecule has 0 aromatic heterocycles. The van der Waals surface area contributed by atoms with Crippen LogP contribution in [0.5, 0.6) is 0 Å². The molecule has 2 aromatic carbocycles. The van der Waals surface area contributed by atoms with Gasteiger partial charge in [-0.3, -0.25) is 14.5 Å². The van der Waals surface area contributed by atoms with Crippen LogP contribution in [0.2, 0.25) is 0 Å². The summed E-state index contributed by atoms with van der Waals surface area (Å²) in [6.45, 7) is 9.13. The Morgan fingerprint density at radius 3 is 1.36 bits per heavy atom. The molecule has 2 rings (SSSR count). The third kappa shape index (κ3) is 23.6. The van der Waals surface area contributed by atoms with Crippen LogP contribution in [0.25, 0.3) is 0 Å². The SMILES string of the molecule is CCOC(=O)C(Br)C(=O)OCC.CCOC(=O)C(C(=O)OCC)N(C)Cc1ccccc1.CNCc1ccccc1.ClC(Cl)Cl. The molecule has 2 aromatic rings. The predicted molar refractivity (Wildman–Crippen MR) is 181 cm³/mol. The van der Waals surface area contributed by atoms with E-state index >= 15 is 0 Å². The van der Waals surface area contributed by atoms with Crippen LogP contribution < -0.4 is 5.32 Å². The summed E-state index contributed by atoms with van der Waals surface area (Å²) < 4.78 is 18.3. The number of rotatable bonds is 13. The monoisotopic (exact) mass is 756 g/mol. The van der Waals surface area contributed by atoms with Crippen molar-refractivity contribution >= 4 is 74.6 Å². The lowest BCUT2D eigenvalue weighted by atomic mass is 10.2. The van der Waals surface area contributed by atoms with Crippen LogP contribution in [0, 0.1) is 0 Å². The fraction of sp³-hybridized carbons (Fsp3) is 0.484. The molecule has 1 N–H and O–H groups in total. The lowest BCUT2D eigenvalue weighted by Gasteiger charge is -2.24. The number of carbonyl (C=O) groups is 4. The molecule has 0 aliphatic rings. The first-order valence-corrected chi connectivity index (χ1v) is 16.3. The Hall–Kier alpha value is -2.41. The van der Waals surface area contributed by atoms with Crippen LogP contribution >= 0.6 is 50.7 Å². The molecule has 45 heavy (non-hydrogen) atoms. The second-order valence-corrected chi connectivity index (χ2v) is 11.3. The summed E-state index contributed by atoms with van der Waals surface area (Å²) in [5.41, 5.74) is 2.34. The number of hydrogen-bond donors (Lipinski definition) is 1. The van der Waals surface area contributed by atoms with Gasteiger partial charge in [0.25, 0.3) is 0 Å². The van der Waals surface area contributed by atoms with Gasteiger partial charge in [-0.15, -0.1) is 0 Å². The van der Waals surface area contributed by atoms with Crippen LogP contribution in [0.1, 0.15) is 38.8 Å². The smallest absolute Gasteiger partial charge is 0.335 e. The van der Waals surface area contributed by atoms with Gasteiger partial charge in [0.1, 0.15) is 0 Å². The maximum absolute atomic E-state index is 11.9. The number of ether oxygens (including phenoxy) is 4. The van der Waals surface area contributed by atoms with Crippen LogP contribution in [-0.2, 0) is 51.2 Å². The van der Waals surface area contributed by atoms with E-state index in [0.29, 0.717) is 6.54 Å². The lowest BCUT2D eigenvalue weighted by Crippen LogP contribution is -2.46. The molecule has 10 nitrogen and oxygen atoms in total. The highest BCUT2D eigenvalue weighted by Crippen LogP contribution is 2.10.